The Balaban J connectivity index is 1.75. The molecule has 2 N–H and O–H groups in total. The molecule has 0 fully saturated rings. The highest BCUT2D eigenvalue weighted by Gasteiger charge is 2.14. The van der Waals surface area contributed by atoms with Gasteiger partial charge in [-0.05, 0) is 38.1 Å². The third kappa shape index (κ3) is 4.76. The normalized spacial score (nSPS) is 10.9. The Morgan fingerprint density at radius 2 is 1.69 bits per heavy atom. The van der Waals surface area contributed by atoms with E-state index in [9.17, 15) is 0 Å². The van der Waals surface area contributed by atoms with E-state index in [1.807, 2.05) is 25.7 Å². The van der Waals surface area contributed by atoms with Crippen molar-refractivity contribution in [1.29, 1.82) is 0 Å². The van der Waals surface area contributed by atoms with Gasteiger partial charge in [0.1, 0.15) is 5.82 Å². The van der Waals surface area contributed by atoms with E-state index in [0.717, 1.165) is 29.6 Å². The summed E-state index contributed by atoms with van der Waals surface area (Å²) in [7, 11) is 5.70. The SMILES string of the molecule is CCN(CC)c1ccc(-c2nnc(SCc3nc(N)nc(N(C)C)n3)n2C)cc1. The second-order valence-electron chi connectivity index (χ2n) is 6.68. The predicted octanol–water partition coefficient (Wildman–Crippen LogP) is 2.45. The van der Waals surface area contributed by atoms with E-state index in [1.165, 1.54) is 17.4 Å². The van der Waals surface area contributed by atoms with Crippen LogP contribution in [0.1, 0.15) is 19.7 Å². The van der Waals surface area contributed by atoms with E-state index in [4.69, 9.17) is 5.73 Å². The second kappa shape index (κ2) is 9.08. The Bertz CT molecular complexity index is 949. The van der Waals surface area contributed by atoms with Crippen molar-refractivity contribution < 1.29 is 0 Å². The van der Waals surface area contributed by atoms with Crippen LogP contribution >= 0.6 is 11.8 Å². The molecule has 3 aromatic rings. The van der Waals surface area contributed by atoms with E-state index < -0.39 is 0 Å². The lowest BCUT2D eigenvalue weighted by atomic mass is 10.2. The van der Waals surface area contributed by atoms with Crippen molar-refractivity contribution in [3.8, 4) is 11.4 Å². The lowest BCUT2D eigenvalue weighted by Gasteiger charge is -2.21. The highest BCUT2D eigenvalue weighted by Crippen LogP contribution is 2.26. The standard InChI is InChI=1S/C19H27N9S/c1-6-28(7-2)14-10-8-13(9-11-14)16-24-25-19(27(16)5)29-12-15-21-17(20)23-18(22-15)26(3)4/h8-11H,6-7,12H2,1-5H3,(H2,20,21,22,23). The number of aromatic nitrogens is 6. The van der Waals surface area contributed by atoms with Crippen LogP contribution in [0.25, 0.3) is 11.4 Å². The third-order valence-corrected chi connectivity index (χ3v) is 5.52. The average molecular weight is 414 g/mol. The minimum Gasteiger partial charge on any atom is -0.372 e. The van der Waals surface area contributed by atoms with Gasteiger partial charge >= 0.3 is 0 Å². The summed E-state index contributed by atoms with van der Waals surface area (Å²) in [6, 6.07) is 8.42. The molecule has 29 heavy (non-hydrogen) atoms. The highest BCUT2D eigenvalue weighted by atomic mass is 32.2. The molecule has 0 spiro atoms. The summed E-state index contributed by atoms with van der Waals surface area (Å²) in [5, 5.41) is 9.49. The fourth-order valence-corrected chi connectivity index (χ4v) is 3.69. The number of rotatable bonds is 8. The van der Waals surface area contributed by atoms with Gasteiger partial charge in [0.25, 0.3) is 0 Å². The van der Waals surface area contributed by atoms with Crippen LogP contribution in [0.15, 0.2) is 29.4 Å². The molecule has 0 aliphatic carbocycles. The van der Waals surface area contributed by atoms with Crippen molar-refractivity contribution in [2.24, 2.45) is 7.05 Å². The van der Waals surface area contributed by atoms with E-state index >= 15 is 0 Å². The number of hydrogen-bond acceptors (Lipinski definition) is 9. The molecule has 10 heteroatoms. The summed E-state index contributed by atoms with van der Waals surface area (Å²) in [5.74, 6) is 2.72. The first kappa shape index (κ1) is 20.8. The van der Waals surface area contributed by atoms with Crippen LogP contribution in [-0.2, 0) is 12.8 Å². The number of hydrogen-bond donors (Lipinski definition) is 1. The molecular formula is C19H27N9S. The molecule has 0 atom stereocenters. The number of anilines is 3. The van der Waals surface area contributed by atoms with Crippen molar-refractivity contribution in [2.75, 3.05) is 42.7 Å². The number of benzene rings is 1. The zero-order valence-corrected chi connectivity index (χ0v) is 18.3. The first-order chi connectivity index (χ1) is 13.9. The molecule has 0 amide bonds. The maximum absolute atomic E-state index is 5.79. The Morgan fingerprint density at radius 1 is 1.00 bits per heavy atom. The lowest BCUT2D eigenvalue weighted by molar-refractivity contribution is 0.792. The quantitative estimate of drug-likeness (QED) is 0.558. The molecule has 0 unspecified atom stereocenters. The fourth-order valence-electron chi connectivity index (χ4n) is 2.92. The number of nitrogen functional groups attached to an aromatic ring is 1. The molecule has 9 nitrogen and oxygen atoms in total. The van der Waals surface area contributed by atoms with Crippen LogP contribution in [0.3, 0.4) is 0 Å². The van der Waals surface area contributed by atoms with E-state index in [0.29, 0.717) is 17.5 Å². The minimum absolute atomic E-state index is 0.214. The van der Waals surface area contributed by atoms with Crippen LogP contribution in [0.5, 0.6) is 0 Å². The Hall–Kier alpha value is -2.88. The number of nitrogens with zero attached hydrogens (tertiary/aromatic N) is 8. The zero-order valence-electron chi connectivity index (χ0n) is 17.5. The molecule has 0 radical (unpaired) electrons. The fraction of sp³-hybridized carbons (Fsp3) is 0.421. The van der Waals surface area contributed by atoms with E-state index in [1.54, 1.807) is 4.90 Å². The average Bonchev–Trinajstić information content (AvgIpc) is 3.08. The zero-order chi connectivity index (χ0) is 21.0. The molecule has 2 heterocycles. The van der Waals surface area contributed by atoms with Crippen molar-refractivity contribution in [3.63, 3.8) is 0 Å². The van der Waals surface area contributed by atoms with Gasteiger partial charge in [-0.15, -0.1) is 10.2 Å². The number of thioether (sulfide) groups is 1. The Kier molecular flexibility index (Phi) is 6.53. The van der Waals surface area contributed by atoms with Crippen LogP contribution in [-0.4, -0.2) is 56.9 Å². The summed E-state index contributed by atoms with van der Waals surface area (Å²) < 4.78 is 1.98. The number of nitrogens with two attached hydrogens (primary N) is 1. The molecule has 0 saturated heterocycles. The Labute approximate surface area is 175 Å². The molecular weight excluding hydrogens is 386 g/mol. The molecule has 0 aliphatic heterocycles. The van der Waals surface area contributed by atoms with Gasteiger partial charge in [-0.3, -0.25) is 0 Å². The van der Waals surface area contributed by atoms with E-state index in [2.05, 4.69) is 68.2 Å². The second-order valence-corrected chi connectivity index (χ2v) is 7.62. The van der Waals surface area contributed by atoms with E-state index in [-0.39, 0.29) is 5.95 Å². The third-order valence-electron chi connectivity index (χ3n) is 4.51. The van der Waals surface area contributed by atoms with Gasteiger partial charge in [0.2, 0.25) is 11.9 Å². The van der Waals surface area contributed by atoms with Crippen molar-refractivity contribution in [1.82, 2.24) is 29.7 Å². The smallest absolute Gasteiger partial charge is 0.229 e. The topological polar surface area (TPSA) is 102 Å². The predicted molar refractivity (Wildman–Crippen MR) is 118 cm³/mol. The van der Waals surface area contributed by atoms with Gasteiger partial charge in [-0.25, -0.2) is 0 Å². The first-order valence-electron chi connectivity index (χ1n) is 9.48. The molecule has 0 aliphatic rings. The molecule has 2 aromatic heterocycles. The van der Waals surface area contributed by atoms with Crippen LogP contribution in [0, 0.1) is 0 Å². The van der Waals surface area contributed by atoms with Gasteiger partial charge < -0.3 is 20.1 Å². The van der Waals surface area contributed by atoms with Gasteiger partial charge in [-0.1, -0.05) is 11.8 Å². The van der Waals surface area contributed by atoms with Crippen LogP contribution in [0.2, 0.25) is 0 Å². The van der Waals surface area contributed by atoms with Crippen LogP contribution in [0.4, 0.5) is 17.6 Å². The summed E-state index contributed by atoms with van der Waals surface area (Å²) >= 11 is 1.51. The Morgan fingerprint density at radius 3 is 2.31 bits per heavy atom. The summed E-state index contributed by atoms with van der Waals surface area (Å²) in [6.07, 6.45) is 0. The van der Waals surface area contributed by atoms with Gasteiger partial charge in [0, 0.05) is 45.5 Å². The molecule has 3 rings (SSSR count). The summed E-state index contributed by atoms with van der Waals surface area (Å²) in [6.45, 7) is 6.28. The maximum atomic E-state index is 5.79. The monoisotopic (exact) mass is 413 g/mol. The molecule has 1 aromatic carbocycles. The molecule has 0 bridgehead atoms. The lowest BCUT2D eigenvalue weighted by Crippen LogP contribution is -2.21. The first-order valence-corrected chi connectivity index (χ1v) is 10.5. The van der Waals surface area contributed by atoms with Crippen LogP contribution < -0.4 is 15.5 Å². The van der Waals surface area contributed by atoms with Gasteiger partial charge in [-0.2, -0.15) is 15.0 Å². The molecule has 0 saturated carbocycles. The largest absolute Gasteiger partial charge is 0.372 e. The summed E-state index contributed by atoms with van der Waals surface area (Å²) in [5.41, 5.74) is 8.03. The van der Waals surface area contributed by atoms with Gasteiger partial charge in [0.15, 0.2) is 11.0 Å². The minimum atomic E-state index is 0.214. The van der Waals surface area contributed by atoms with Crippen molar-refractivity contribution >= 4 is 29.3 Å². The maximum Gasteiger partial charge on any atom is 0.229 e. The van der Waals surface area contributed by atoms with Gasteiger partial charge in [0.05, 0.1) is 5.75 Å². The van der Waals surface area contributed by atoms with Crippen molar-refractivity contribution in [2.45, 2.75) is 24.8 Å². The molecule has 154 valence electrons. The van der Waals surface area contributed by atoms with Crippen molar-refractivity contribution in [3.05, 3.63) is 30.1 Å². The summed E-state index contributed by atoms with van der Waals surface area (Å²) in [4.78, 5) is 16.9. The highest BCUT2D eigenvalue weighted by molar-refractivity contribution is 7.98.